The number of carbonyl (C=O) groups is 1. The lowest BCUT2D eigenvalue weighted by atomic mass is 10.0. The Balaban J connectivity index is 1.51. The highest BCUT2D eigenvalue weighted by Crippen LogP contribution is 2.16. The molecule has 0 bridgehead atoms. The number of rotatable bonds is 19. The number of benzene rings is 2. The van der Waals surface area contributed by atoms with Crippen molar-refractivity contribution in [1.82, 2.24) is 0 Å². The quantitative estimate of drug-likeness (QED) is 0.119. The van der Waals surface area contributed by atoms with Gasteiger partial charge in [0, 0.05) is 5.56 Å². The van der Waals surface area contributed by atoms with Crippen LogP contribution >= 0.6 is 0 Å². The molecule has 2 rings (SSSR count). The molecule has 0 fully saturated rings. The van der Waals surface area contributed by atoms with Crippen LogP contribution < -0.4 is 4.74 Å². The fourth-order valence-corrected chi connectivity index (χ4v) is 4.33. The van der Waals surface area contributed by atoms with E-state index in [0.29, 0.717) is 13.0 Å². The first-order valence-electron chi connectivity index (χ1n) is 13.7. The number of unbranched alkanes of at least 4 members (excludes halogenated alkanes) is 8. The van der Waals surface area contributed by atoms with Crippen LogP contribution in [0, 0.1) is 0 Å². The van der Waals surface area contributed by atoms with Crippen molar-refractivity contribution in [2.45, 2.75) is 84.1 Å². The van der Waals surface area contributed by atoms with Gasteiger partial charge in [-0.1, -0.05) is 101 Å². The topological polar surface area (TPSA) is 35.5 Å². The summed E-state index contributed by atoms with van der Waals surface area (Å²) in [6.45, 7) is 4.57. The maximum atomic E-state index is 12.1. The monoisotopic (exact) mass is 482 g/mol. The minimum Gasteiger partial charge on any atom is -0.490 e. The van der Waals surface area contributed by atoms with Gasteiger partial charge in [0.05, 0.1) is 27.1 Å². The molecule has 0 atom stereocenters. The Bertz CT molecular complexity index is 802. The summed E-state index contributed by atoms with van der Waals surface area (Å²) >= 11 is 0. The van der Waals surface area contributed by atoms with Crippen molar-refractivity contribution >= 4 is 5.97 Å². The van der Waals surface area contributed by atoms with E-state index in [-0.39, 0.29) is 12.6 Å². The molecule has 0 aromatic heterocycles. The molecule has 0 radical (unpaired) electrons. The lowest BCUT2D eigenvalue weighted by Gasteiger charge is -2.29. The molecule has 0 amide bonds. The Morgan fingerprint density at radius 1 is 0.743 bits per heavy atom. The number of ether oxygens (including phenoxy) is 2. The van der Waals surface area contributed by atoms with E-state index in [1.165, 1.54) is 68.9 Å². The summed E-state index contributed by atoms with van der Waals surface area (Å²) in [5.41, 5.74) is 2.64. The third-order valence-electron chi connectivity index (χ3n) is 6.48. The van der Waals surface area contributed by atoms with Gasteiger partial charge in [0.25, 0.3) is 0 Å². The van der Waals surface area contributed by atoms with Crippen molar-refractivity contribution in [3.63, 3.8) is 0 Å². The zero-order valence-electron chi connectivity index (χ0n) is 22.5. The second kappa shape index (κ2) is 17.2. The Kier molecular flexibility index (Phi) is 14.2. The van der Waals surface area contributed by atoms with E-state index in [1.54, 1.807) is 0 Å². The summed E-state index contributed by atoms with van der Waals surface area (Å²) < 4.78 is 11.9. The number of carbonyl (C=O) groups excluding carboxylic acids is 1. The standard InChI is InChI=1S/C31H48NO3/c1-4-5-6-7-8-9-10-11-13-16-28-19-21-30(22-20-28)34-25-26-35-31(33)23-24-32(2,3)27-29-17-14-12-15-18-29/h12,14-15,17-22H,4-11,13,16,23-27H2,1-3H3/q+1. The summed E-state index contributed by atoms with van der Waals surface area (Å²) in [6.07, 6.45) is 13.8. The molecule has 4 heteroatoms. The predicted molar refractivity (Wildman–Crippen MR) is 146 cm³/mol. The third-order valence-corrected chi connectivity index (χ3v) is 6.48. The smallest absolute Gasteiger partial charge is 0.311 e. The number of nitrogens with zero attached hydrogens (tertiary/aromatic N) is 1. The van der Waals surface area contributed by atoms with Crippen molar-refractivity contribution in [3.05, 3.63) is 65.7 Å². The molecule has 2 aromatic rings. The van der Waals surface area contributed by atoms with E-state index in [0.717, 1.165) is 29.7 Å². The average molecular weight is 483 g/mol. The van der Waals surface area contributed by atoms with Crippen LogP contribution in [-0.4, -0.2) is 44.3 Å². The Labute approximate surface area is 214 Å². The summed E-state index contributed by atoms with van der Waals surface area (Å²) in [5.74, 6) is 0.668. The van der Waals surface area contributed by atoms with Gasteiger partial charge in [0.15, 0.2) is 0 Å². The van der Waals surface area contributed by atoms with Crippen LogP contribution in [-0.2, 0) is 22.5 Å². The highest BCUT2D eigenvalue weighted by atomic mass is 16.6. The van der Waals surface area contributed by atoms with E-state index < -0.39 is 0 Å². The Hall–Kier alpha value is -2.33. The summed E-state index contributed by atoms with van der Waals surface area (Å²) in [4.78, 5) is 12.1. The second-order valence-electron chi connectivity index (χ2n) is 10.3. The van der Waals surface area contributed by atoms with Gasteiger partial charge in [-0.2, -0.15) is 0 Å². The summed E-state index contributed by atoms with van der Waals surface area (Å²) in [7, 11) is 4.28. The van der Waals surface area contributed by atoms with Crippen molar-refractivity contribution in [3.8, 4) is 5.75 Å². The first-order chi connectivity index (χ1) is 17.0. The fraction of sp³-hybridized carbons (Fsp3) is 0.581. The molecular weight excluding hydrogens is 434 g/mol. The second-order valence-corrected chi connectivity index (χ2v) is 10.3. The SMILES string of the molecule is CCCCCCCCCCCc1ccc(OCCOC(=O)CC[N+](C)(C)Cc2ccccc2)cc1. The third kappa shape index (κ3) is 14.0. The van der Waals surface area contributed by atoms with Crippen LogP contribution in [0.2, 0.25) is 0 Å². The predicted octanol–water partition coefficient (Wildman–Crippen LogP) is 7.35. The highest BCUT2D eigenvalue weighted by Gasteiger charge is 2.18. The maximum Gasteiger partial charge on any atom is 0.311 e. The Morgan fingerprint density at radius 2 is 1.37 bits per heavy atom. The highest BCUT2D eigenvalue weighted by molar-refractivity contribution is 5.69. The van der Waals surface area contributed by atoms with E-state index in [2.05, 4.69) is 57.4 Å². The van der Waals surface area contributed by atoms with E-state index >= 15 is 0 Å². The summed E-state index contributed by atoms with van der Waals surface area (Å²) in [6, 6.07) is 18.7. The number of hydrogen-bond acceptors (Lipinski definition) is 3. The molecule has 0 spiro atoms. The maximum absolute atomic E-state index is 12.1. The van der Waals surface area contributed by atoms with Crippen molar-refractivity contribution in [2.75, 3.05) is 33.9 Å². The van der Waals surface area contributed by atoms with Gasteiger partial charge >= 0.3 is 5.97 Å². The first-order valence-corrected chi connectivity index (χ1v) is 13.7. The lowest BCUT2D eigenvalue weighted by molar-refractivity contribution is -0.903. The van der Waals surface area contributed by atoms with Gasteiger partial charge in [0.1, 0.15) is 25.5 Å². The number of quaternary nitrogens is 1. The van der Waals surface area contributed by atoms with Crippen molar-refractivity contribution in [1.29, 1.82) is 0 Å². The molecule has 0 N–H and O–H groups in total. The van der Waals surface area contributed by atoms with Gasteiger partial charge in [-0.3, -0.25) is 4.79 Å². The largest absolute Gasteiger partial charge is 0.490 e. The molecule has 0 saturated carbocycles. The van der Waals surface area contributed by atoms with Gasteiger partial charge < -0.3 is 14.0 Å². The van der Waals surface area contributed by atoms with Crippen LogP contribution in [0.3, 0.4) is 0 Å². The van der Waals surface area contributed by atoms with Gasteiger partial charge in [-0.25, -0.2) is 0 Å². The van der Waals surface area contributed by atoms with Crippen LogP contribution in [0.15, 0.2) is 54.6 Å². The number of hydrogen-bond donors (Lipinski definition) is 0. The van der Waals surface area contributed by atoms with Crippen LogP contribution in [0.4, 0.5) is 0 Å². The van der Waals surface area contributed by atoms with Gasteiger partial charge in [0.2, 0.25) is 0 Å². The molecule has 0 heterocycles. The van der Waals surface area contributed by atoms with E-state index in [4.69, 9.17) is 9.47 Å². The molecule has 35 heavy (non-hydrogen) atoms. The van der Waals surface area contributed by atoms with Crippen molar-refractivity contribution in [2.24, 2.45) is 0 Å². The normalized spacial score (nSPS) is 11.4. The summed E-state index contributed by atoms with van der Waals surface area (Å²) in [5, 5.41) is 0. The fourth-order valence-electron chi connectivity index (χ4n) is 4.33. The molecule has 2 aromatic carbocycles. The molecule has 0 saturated heterocycles. The van der Waals surface area contributed by atoms with E-state index in [9.17, 15) is 4.79 Å². The average Bonchev–Trinajstić information content (AvgIpc) is 2.85. The molecule has 0 unspecified atom stereocenters. The van der Waals surface area contributed by atoms with Crippen molar-refractivity contribution < 1.29 is 18.8 Å². The molecule has 0 aliphatic heterocycles. The minimum absolute atomic E-state index is 0.163. The first kappa shape index (κ1) is 28.9. The molecule has 0 aliphatic rings. The van der Waals surface area contributed by atoms with Crippen LogP contribution in [0.1, 0.15) is 82.3 Å². The van der Waals surface area contributed by atoms with E-state index in [1.807, 2.05) is 18.2 Å². The number of aryl methyl sites for hydroxylation is 1. The van der Waals surface area contributed by atoms with Gasteiger partial charge in [-0.15, -0.1) is 0 Å². The zero-order valence-corrected chi connectivity index (χ0v) is 22.5. The lowest BCUT2D eigenvalue weighted by Crippen LogP contribution is -2.40. The van der Waals surface area contributed by atoms with Crippen LogP contribution in [0.5, 0.6) is 5.75 Å². The molecular formula is C31H48NO3+. The molecule has 0 aliphatic carbocycles. The number of esters is 1. The zero-order chi connectivity index (χ0) is 25.2. The minimum atomic E-state index is -0.163. The Morgan fingerprint density at radius 3 is 2.03 bits per heavy atom. The molecule has 4 nitrogen and oxygen atoms in total. The molecule has 194 valence electrons. The van der Waals surface area contributed by atoms with Crippen LogP contribution in [0.25, 0.3) is 0 Å². The van der Waals surface area contributed by atoms with Gasteiger partial charge in [-0.05, 0) is 30.5 Å².